The first kappa shape index (κ1) is 20.2. The Morgan fingerprint density at radius 1 is 1.06 bits per heavy atom. The predicted octanol–water partition coefficient (Wildman–Crippen LogP) is 5.66. The van der Waals surface area contributed by atoms with E-state index < -0.39 is 0 Å². The highest BCUT2D eigenvalue weighted by molar-refractivity contribution is 9.10. The van der Waals surface area contributed by atoms with E-state index in [1.54, 1.807) is 0 Å². The van der Waals surface area contributed by atoms with Gasteiger partial charge in [0.15, 0.2) is 11.5 Å². The minimum atomic E-state index is 0.156. The van der Waals surface area contributed by atoms with Crippen molar-refractivity contribution in [3.05, 3.63) is 57.9 Å². The molecule has 3 heterocycles. The van der Waals surface area contributed by atoms with Crippen LogP contribution in [0.1, 0.15) is 55.7 Å². The Kier molecular flexibility index (Phi) is 4.99. The second-order valence-corrected chi connectivity index (χ2v) is 9.99. The molecule has 1 aliphatic carbocycles. The summed E-state index contributed by atoms with van der Waals surface area (Å²) in [5.74, 6) is 2.97. The van der Waals surface area contributed by atoms with E-state index in [1.165, 1.54) is 36.8 Å². The molecular formula is C25H26BrN3O3. The van der Waals surface area contributed by atoms with Crippen molar-refractivity contribution in [1.29, 1.82) is 0 Å². The molecule has 2 aromatic carbocycles. The number of hydrogen-bond donors (Lipinski definition) is 0. The zero-order chi connectivity index (χ0) is 21.7. The molecule has 0 N–H and O–H groups in total. The lowest BCUT2D eigenvalue weighted by Crippen LogP contribution is -2.45. The molecule has 6 nitrogen and oxygen atoms in total. The van der Waals surface area contributed by atoms with Crippen molar-refractivity contribution in [2.45, 2.75) is 50.6 Å². The van der Waals surface area contributed by atoms with E-state index in [-0.39, 0.29) is 11.5 Å². The Bertz CT molecular complexity index is 1160. The Hall–Kier alpha value is -2.38. The number of nitrogens with zero attached hydrogens (tertiary/aromatic N) is 3. The van der Waals surface area contributed by atoms with Crippen LogP contribution in [-0.2, 0) is 12.0 Å². The Morgan fingerprint density at radius 3 is 2.59 bits per heavy atom. The highest BCUT2D eigenvalue weighted by atomic mass is 79.9. The molecule has 1 atom stereocenters. The summed E-state index contributed by atoms with van der Waals surface area (Å²) in [6.45, 7) is 5.12. The van der Waals surface area contributed by atoms with Gasteiger partial charge in [-0.1, -0.05) is 25.0 Å². The molecule has 1 spiro atoms. The van der Waals surface area contributed by atoms with E-state index in [2.05, 4.69) is 50.1 Å². The quantitative estimate of drug-likeness (QED) is 0.467. The second-order valence-electron chi connectivity index (χ2n) is 9.13. The van der Waals surface area contributed by atoms with Gasteiger partial charge in [-0.25, -0.2) is 0 Å². The van der Waals surface area contributed by atoms with Gasteiger partial charge in [0.25, 0.3) is 0 Å². The summed E-state index contributed by atoms with van der Waals surface area (Å²) in [4.78, 5) is 2.49. The Morgan fingerprint density at radius 2 is 1.81 bits per heavy atom. The van der Waals surface area contributed by atoms with Crippen molar-refractivity contribution >= 4 is 15.9 Å². The van der Waals surface area contributed by atoms with Crippen molar-refractivity contribution in [3.63, 3.8) is 0 Å². The molecular weight excluding hydrogens is 470 g/mol. The number of hydrogen-bond acceptors (Lipinski definition) is 6. The van der Waals surface area contributed by atoms with Crippen LogP contribution in [0.15, 0.2) is 45.3 Å². The van der Waals surface area contributed by atoms with Gasteiger partial charge in [-0.15, -0.1) is 10.2 Å². The van der Waals surface area contributed by atoms with Crippen LogP contribution in [0.2, 0.25) is 0 Å². The Labute approximate surface area is 196 Å². The maximum absolute atomic E-state index is 6.09. The first-order valence-electron chi connectivity index (χ1n) is 11.4. The summed E-state index contributed by atoms with van der Waals surface area (Å²) in [5, 5.41) is 8.70. The van der Waals surface area contributed by atoms with Crippen LogP contribution in [0.3, 0.4) is 0 Å². The smallest absolute Gasteiger partial charge is 0.248 e. The van der Waals surface area contributed by atoms with E-state index in [0.717, 1.165) is 28.1 Å². The maximum atomic E-state index is 6.09. The van der Waals surface area contributed by atoms with Crippen molar-refractivity contribution in [2.75, 3.05) is 19.8 Å². The van der Waals surface area contributed by atoms with Gasteiger partial charge in [0.1, 0.15) is 13.2 Å². The monoisotopic (exact) mass is 495 g/mol. The third kappa shape index (κ3) is 3.33. The van der Waals surface area contributed by atoms with Gasteiger partial charge < -0.3 is 13.9 Å². The normalized spacial score (nSPS) is 21.6. The molecule has 0 amide bonds. The van der Waals surface area contributed by atoms with Crippen LogP contribution in [0.5, 0.6) is 11.5 Å². The third-order valence-electron chi connectivity index (χ3n) is 7.26. The van der Waals surface area contributed by atoms with E-state index in [4.69, 9.17) is 13.9 Å². The highest BCUT2D eigenvalue weighted by Gasteiger charge is 2.45. The second kappa shape index (κ2) is 7.89. The molecule has 1 aromatic heterocycles. The molecule has 7 heteroatoms. The van der Waals surface area contributed by atoms with Crippen molar-refractivity contribution < 1.29 is 13.9 Å². The SMILES string of the molecule is CC1c2cc3c(cc2C2(CCCC2)CN1Cc1nnc(-c2ccccc2Br)o1)OCCO3. The van der Waals surface area contributed by atoms with Crippen molar-refractivity contribution in [1.82, 2.24) is 15.1 Å². The molecule has 1 unspecified atom stereocenters. The summed E-state index contributed by atoms with van der Waals surface area (Å²) in [5.41, 5.74) is 3.86. The topological polar surface area (TPSA) is 60.6 Å². The molecule has 32 heavy (non-hydrogen) atoms. The zero-order valence-electron chi connectivity index (χ0n) is 18.1. The number of halogens is 1. The lowest BCUT2D eigenvalue weighted by molar-refractivity contribution is 0.115. The maximum Gasteiger partial charge on any atom is 0.248 e. The third-order valence-corrected chi connectivity index (χ3v) is 7.95. The van der Waals surface area contributed by atoms with Gasteiger partial charge in [-0.2, -0.15) is 0 Å². The molecule has 166 valence electrons. The fraction of sp³-hybridized carbons (Fsp3) is 0.440. The number of rotatable bonds is 3. The van der Waals surface area contributed by atoms with E-state index in [0.29, 0.717) is 31.5 Å². The fourth-order valence-corrected chi connectivity index (χ4v) is 6.08. The van der Waals surface area contributed by atoms with Crippen molar-refractivity contribution in [2.24, 2.45) is 0 Å². The first-order chi connectivity index (χ1) is 15.6. The first-order valence-corrected chi connectivity index (χ1v) is 12.2. The van der Waals surface area contributed by atoms with Crippen LogP contribution in [0, 0.1) is 0 Å². The number of benzene rings is 2. The van der Waals surface area contributed by atoms with Crippen LogP contribution in [0.4, 0.5) is 0 Å². The minimum Gasteiger partial charge on any atom is -0.486 e. The largest absolute Gasteiger partial charge is 0.486 e. The van der Waals surface area contributed by atoms with E-state index >= 15 is 0 Å². The molecule has 3 aliphatic rings. The highest BCUT2D eigenvalue weighted by Crippen LogP contribution is 2.52. The summed E-state index contributed by atoms with van der Waals surface area (Å²) < 4.78 is 18.9. The molecule has 1 fully saturated rings. The van der Waals surface area contributed by atoms with Crippen molar-refractivity contribution in [3.8, 4) is 23.0 Å². The molecule has 1 saturated carbocycles. The lowest BCUT2D eigenvalue weighted by atomic mass is 9.71. The van der Waals surface area contributed by atoms with Crippen LogP contribution < -0.4 is 9.47 Å². The van der Waals surface area contributed by atoms with E-state index in [9.17, 15) is 0 Å². The molecule has 6 rings (SSSR count). The number of aromatic nitrogens is 2. The van der Waals surface area contributed by atoms with Gasteiger partial charge >= 0.3 is 0 Å². The van der Waals surface area contributed by atoms with E-state index in [1.807, 2.05) is 24.3 Å². The molecule has 0 saturated heterocycles. The molecule has 0 radical (unpaired) electrons. The summed E-state index contributed by atoms with van der Waals surface area (Å²) in [7, 11) is 0. The molecule has 0 bridgehead atoms. The zero-order valence-corrected chi connectivity index (χ0v) is 19.7. The summed E-state index contributed by atoms with van der Waals surface area (Å²) >= 11 is 3.58. The predicted molar refractivity (Wildman–Crippen MR) is 124 cm³/mol. The van der Waals surface area contributed by atoms with Gasteiger partial charge in [-0.3, -0.25) is 4.90 Å². The molecule has 3 aromatic rings. The van der Waals surface area contributed by atoms with Gasteiger partial charge in [0.05, 0.1) is 12.1 Å². The summed E-state index contributed by atoms with van der Waals surface area (Å²) in [6.07, 6.45) is 4.94. The van der Waals surface area contributed by atoms with Crippen LogP contribution >= 0.6 is 15.9 Å². The van der Waals surface area contributed by atoms with Gasteiger partial charge in [0, 0.05) is 22.5 Å². The summed E-state index contributed by atoms with van der Waals surface area (Å²) in [6, 6.07) is 12.6. The van der Waals surface area contributed by atoms with Gasteiger partial charge in [0.2, 0.25) is 11.8 Å². The average Bonchev–Trinajstić information content (AvgIpc) is 3.47. The average molecular weight is 496 g/mol. The molecule has 2 aliphatic heterocycles. The lowest BCUT2D eigenvalue weighted by Gasteiger charge is -2.46. The fourth-order valence-electron chi connectivity index (χ4n) is 5.62. The number of fused-ring (bicyclic) bond motifs is 3. The Balaban J connectivity index is 1.34. The standard InChI is InChI=1S/C25H26BrN3O3/c1-16-18-12-21-22(31-11-10-30-21)13-19(18)25(8-4-5-9-25)15-29(16)14-23-27-28-24(32-23)17-6-2-3-7-20(17)26/h2-3,6-7,12-13,16H,4-5,8-11,14-15H2,1H3. The van der Waals surface area contributed by atoms with Gasteiger partial charge in [-0.05, 0) is 71.1 Å². The number of ether oxygens (including phenoxy) is 2. The van der Waals surface area contributed by atoms with Crippen LogP contribution in [0.25, 0.3) is 11.5 Å². The van der Waals surface area contributed by atoms with Crippen LogP contribution in [-0.4, -0.2) is 34.9 Å². The minimum absolute atomic E-state index is 0.156.